The highest BCUT2D eigenvalue weighted by Gasteiger charge is 2.42. The maximum Gasteiger partial charge on any atom is 0.248 e. The predicted octanol–water partition coefficient (Wildman–Crippen LogP) is 2.13. The van der Waals surface area contributed by atoms with Gasteiger partial charge in [-0.05, 0) is 38.7 Å². The molecular weight excluding hydrogens is 264 g/mol. The molecule has 0 saturated carbocycles. The SMILES string of the molecule is CCC1(C)NC(=O)CN(C(C)CCc2ccccc2)C1=O. The van der Waals surface area contributed by atoms with E-state index in [1.165, 1.54) is 5.56 Å². The number of nitrogens with one attached hydrogen (secondary N) is 1. The number of hydrogen-bond acceptors (Lipinski definition) is 2. The van der Waals surface area contributed by atoms with Crippen molar-refractivity contribution in [1.29, 1.82) is 0 Å². The molecule has 4 nitrogen and oxygen atoms in total. The number of hydrogen-bond donors (Lipinski definition) is 1. The largest absolute Gasteiger partial charge is 0.340 e. The van der Waals surface area contributed by atoms with Crippen LogP contribution in [0.15, 0.2) is 30.3 Å². The molecule has 1 saturated heterocycles. The van der Waals surface area contributed by atoms with Gasteiger partial charge in [-0.25, -0.2) is 0 Å². The van der Waals surface area contributed by atoms with Crippen molar-refractivity contribution in [2.24, 2.45) is 0 Å². The van der Waals surface area contributed by atoms with Crippen LogP contribution in [-0.4, -0.2) is 34.8 Å². The summed E-state index contributed by atoms with van der Waals surface area (Å²) in [4.78, 5) is 26.2. The fourth-order valence-corrected chi connectivity index (χ4v) is 2.72. The Kier molecular flexibility index (Phi) is 4.66. The number of aryl methyl sites for hydroxylation is 1. The van der Waals surface area contributed by atoms with Gasteiger partial charge in [0, 0.05) is 6.04 Å². The van der Waals surface area contributed by atoms with E-state index in [4.69, 9.17) is 0 Å². The van der Waals surface area contributed by atoms with E-state index in [2.05, 4.69) is 17.4 Å². The molecular formula is C17H24N2O2. The van der Waals surface area contributed by atoms with Crippen LogP contribution in [0.3, 0.4) is 0 Å². The van der Waals surface area contributed by atoms with E-state index in [0.717, 1.165) is 12.8 Å². The summed E-state index contributed by atoms with van der Waals surface area (Å²) in [5.74, 6) is -0.0318. The fourth-order valence-electron chi connectivity index (χ4n) is 2.72. The van der Waals surface area contributed by atoms with Crippen LogP contribution in [0.2, 0.25) is 0 Å². The number of amides is 2. The second-order valence-electron chi connectivity index (χ2n) is 6.04. The van der Waals surface area contributed by atoms with Gasteiger partial charge in [0.05, 0.1) is 6.54 Å². The fraction of sp³-hybridized carbons (Fsp3) is 0.529. The molecule has 4 heteroatoms. The number of carbonyl (C=O) groups excluding carboxylic acids is 2. The summed E-state index contributed by atoms with van der Waals surface area (Å²) in [7, 11) is 0. The van der Waals surface area contributed by atoms with Crippen LogP contribution < -0.4 is 5.32 Å². The third kappa shape index (κ3) is 3.43. The minimum atomic E-state index is -0.754. The monoisotopic (exact) mass is 288 g/mol. The van der Waals surface area contributed by atoms with Crippen LogP contribution >= 0.6 is 0 Å². The summed E-state index contributed by atoms with van der Waals surface area (Å²) >= 11 is 0. The van der Waals surface area contributed by atoms with Crippen LogP contribution in [0.1, 0.15) is 39.2 Å². The maximum absolute atomic E-state index is 12.6. The molecule has 0 aliphatic carbocycles. The second-order valence-corrected chi connectivity index (χ2v) is 6.04. The van der Waals surface area contributed by atoms with Crippen molar-refractivity contribution >= 4 is 11.8 Å². The summed E-state index contributed by atoms with van der Waals surface area (Å²) in [6, 6.07) is 10.3. The van der Waals surface area contributed by atoms with Gasteiger partial charge in [-0.3, -0.25) is 9.59 Å². The molecule has 1 heterocycles. The lowest BCUT2D eigenvalue weighted by atomic mass is 9.92. The van der Waals surface area contributed by atoms with Gasteiger partial charge in [0.1, 0.15) is 5.54 Å². The average Bonchev–Trinajstić information content (AvgIpc) is 2.49. The lowest BCUT2D eigenvalue weighted by Crippen LogP contribution is -2.66. The number of nitrogens with zero attached hydrogens (tertiary/aromatic N) is 1. The highest BCUT2D eigenvalue weighted by atomic mass is 16.2. The molecule has 114 valence electrons. The summed E-state index contributed by atoms with van der Waals surface area (Å²) in [6.07, 6.45) is 2.39. The Morgan fingerprint density at radius 3 is 2.57 bits per heavy atom. The van der Waals surface area contributed by atoms with Gasteiger partial charge >= 0.3 is 0 Å². The minimum absolute atomic E-state index is 0.0326. The van der Waals surface area contributed by atoms with Gasteiger partial charge < -0.3 is 10.2 Å². The first-order chi connectivity index (χ1) is 9.96. The van der Waals surface area contributed by atoms with Crippen LogP contribution in [0.4, 0.5) is 0 Å². The molecule has 21 heavy (non-hydrogen) atoms. The van der Waals surface area contributed by atoms with Crippen molar-refractivity contribution in [3.05, 3.63) is 35.9 Å². The normalized spacial score (nSPS) is 23.9. The average molecular weight is 288 g/mol. The number of carbonyl (C=O) groups is 2. The first kappa shape index (κ1) is 15.5. The zero-order chi connectivity index (χ0) is 15.5. The molecule has 2 rings (SSSR count). The Morgan fingerprint density at radius 1 is 1.29 bits per heavy atom. The molecule has 1 aromatic rings. The molecule has 1 aliphatic heterocycles. The standard InChI is InChI=1S/C17H24N2O2/c1-4-17(3)16(21)19(12-15(20)18-17)13(2)10-11-14-8-6-5-7-9-14/h5-9,13H,4,10-12H2,1-3H3,(H,18,20). The molecule has 0 spiro atoms. The predicted molar refractivity (Wildman–Crippen MR) is 82.8 cm³/mol. The van der Waals surface area contributed by atoms with Crippen molar-refractivity contribution in [3.8, 4) is 0 Å². The number of piperazine rings is 1. The van der Waals surface area contributed by atoms with E-state index in [9.17, 15) is 9.59 Å². The smallest absolute Gasteiger partial charge is 0.248 e. The van der Waals surface area contributed by atoms with E-state index < -0.39 is 5.54 Å². The lowest BCUT2D eigenvalue weighted by molar-refractivity contribution is -0.151. The third-order valence-electron chi connectivity index (χ3n) is 4.39. The molecule has 2 amide bonds. The zero-order valence-electron chi connectivity index (χ0n) is 13.1. The summed E-state index contributed by atoms with van der Waals surface area (Å²) in [5, 5.41) is 2.82. The maximum atomic E-state index is 12.6. The van der Waals surface area contributed by atoms with Crippen molar-refractivity contribution in [2.45, 2.75) is 51.6 Å². The lowest BCUT2D eigenvalue weighted by Gasteiger charge is -2.42. The van der Waals surface area contributed by atoms with Crippen molar-refractivity contribution < 1.29 is 9.59 Å². The van der Waals surface area contributed by atoms with Crippen molar-refractivity contribution in [2.75, 3.05) is 6.54 Å². The molecule has 1 fully saturated rings. The van der Waals surface area contributed by atoms with E-state index >= 15 is 0 Å². The van der Waals surface area contributed by atoms with Gasteiger partial charge in [0.25, 0.3) is 0 Å². The Hall–Kier alpha value is -1.84. The number of benzene rings is 1. The number of rotatable bonds is 5. The molecule has 0 aromatic heterocycles. The van der Waals surface area contributed by atoms with E-state index in [0.29, 0.717) is 6.42 Å². The molecule has 1 aliphatic rings. The van der Waals surface area contributed by atoms with Gasteiger partial charge in [0.15, 0.2) is 0 Å². The van der Waals surface area contributed by atoms with Gasteiger partial charge in [0.2, 0.25) is 11.8 Å². The quantitative estimate of drug-likeness (QED) is 0.902. The topological polar surface area (TPSA) is 49.4 Å². The van der Waals surface area contributed by atoms with E-state index in [-0.39, 0.29) is 24.4 Å². The highest BCUT2D eigenvalue weighted by molar-refractivity contribution is 5.97. The second kappa shape index (κ2) is 6.29. The zero-order valence-corrected chi connectivity index (χ0v) is 13.1. The highest BCUT2D eigenvalue weighted by Crippen LogP contribution is 2.21. The summed E-state index contributed by atoms with van der Waals surface area (Å²) in [5.41, 5.74) is 0.507. The van der Waals surface area contributed by atoms with Crippen LogP contribution in [-0.2, 0) is 16.0 Å². The van der Waals surface area contributed by atoms with E-state index in [1.807, 2.05) is 39.0 Å². The van der Waals surface area contributed by atoms with Gasteiger partial charge in [-0.1, -0.05) is 37.3 Å². The Morgan fingerprint density at radius 2 is 1.95 bits per heavy atom. The molecule has 0 bridgehead atoms. The third-order valence-corrected chi connectivity index (χ3v) is 4.39. The molecule has 2 atom stereocenters. The van der Waals surface area contributed by atoms with Crippen LogP contribution in [0, 0.1) is 0 Å². The van der Waals surface area contributed by atoms with E-state index in [1.54, 1.807) is 4.90 Å². The Balaban J connectivity index is 2.02. The molecule has 1 N–H and O–H groups in total. The Bertz CT molecular complexity index is 515. The van der Waals surface area contributed by atoms with Crippen molar-refractivity contribution in [1.82, 2.24) is 10.2 Å². The minimum Gasteiger partial charge on any atom is -0.340 e. The summed E-state index contributed by atoms with van der Waals surface area (Å²) in [6.45, 7) is 5.93. The molecule has 1 aromatic carbocycles. The molecule has 0 radical (unpaired) electrons. The molecule has 2 unspecified atom stereocenters. The first-order valence-corrected chi connectivity index (χ1v) is 7.62. The van der Waals surface area contributed by atoms with Crippen LogP contribution in [0.25, 0.3) is 0 Å². The summed E-state index contributed by atoms with van der Waals surface area (Å²) < 4.78 is 0. The first-order valence-electron chi connectivity index (χ1n) is 7.62. The van der Waals surface area contributed by atoms with Gasteiger partial charge in [-0.15, -0.1) is 0 Å². The van der Waals surface area contributed by atoms with Crippen molar-refractivity contribution in [3.63, 3.8) is 0 Å². The Labute approximate surface area is 126 Å². The van der Waals surface area contributed by atoms with Gasteiger partial charge in [-0.2, -0.15) is 0 Å². The van der Waals surface area contributed by atoms with Crippen LogP contribution in [0.5, 0.6) is 0 Å².